The van der Waals surface area contributed by atoms with Crippen LogP contribution >= 0.6 is 15.9 Å². The van der Waals surface area contributed by atoms with Crippen LogP contribution < -0.4 is 10.6 Å². The average Bonchev–Trinajstić information content (AvgIpc) is 3.09. The van der Waals surface area contributed by atoms with Gasteiger partial charge >= 0.3 is 0 Å². The minimum Gasteiger partial charge on any atom is -0.370 e. The molecule has 4 heteroatoms. The molecular weight excluding hydrogens is 314 g/mol. The molecule has 2 heterocycles. The molecule has 0 amide bonds. The van der Waals surface area contributed by atoms with Crippen LogP contribution in [0.15, 0.2) is 22.7 Å². The number of likely N-dealkylation sites (tertiary alicyclic amines) is 1. The van der Waals surface area contributed by atoms with Crippen molar-refractivity contribution < 1.29 is 0 Å². The van der Waals surface area contributed by atoms with Crippen LogP contribution in [-0.2, 0) is 0 Å². The Morgan fingerprint density at radius 3 is 2.70 bits per heavy atom. The van der Waals surface area contributed by atoms with Gasteiger partial charge in [0.05, 0.1) is 0 Å². The highest BCUT2D eigenvalue weighted by Crippen LogP contribution is 2.32. The van der Waals surface area contributed by atoms with Crippen molar-refractivity contribution in [1.29, 1.82) is 0 Å². The van der Waals surface area contributed by atoms with E-state index < -0.39 is 0 Å². The van der Waals surface area contributed by atoms with E-state index in [0.717, 1.165) is 23.6 Å². The normalized spacial score (nSPS) is 25.4. The van der Waals surface area contributed by atoms with E-state index in [-0.39, 0.29) is 6.04 Å². The van der Waals surface area contributed by atoms with Crippen LogP contribution in [-0.4, -0.2) is 37.1 Å². The third-order valence-corrected chi connectivity index (χ3v) is 5.13. The lowest BCUT2D eigenvalue weighted by Gasteiger charge is -2.26. The third-order valence-electron chi connectivity index (χ3n) is 4.64. The van der Waals surface area contributed by atoms with Gasteiger partial charge in [-0.3, -0.25) is 4.90 Å². The molecule has 110 valence electrons. The summed E-state index contributed by atoms with van der Waals surface area (Å²) in [6, 6.07) is 7.33. The fourth-order valence-corrected chi connectivity index (χ4v) is 3.92. The Labute approximate surface area is 130 Å². The van der Waals surface area contributed by atoms with Gasteiger partial charge in [0.1, 0.15) is 0 Å². The zero-order chi connectivity index (χ0) is 14.1. The Morgan fingerprint density at radius 2 is 2.00 bits per heavy atom. The molecular formula is C16H24BrN3. The molecule has 1 aromatic carbocycles. The summed E-state index contributed by atoms with van der Waals surface area (Å²) in [6.07, 6.45) is 4.04. The van der Waals surface area contributed by atoms with Gasteiger partial charge in [-0.05, 0) is 63.0 Å². The molecule has 0 bridgehead atoms. The Bertz CT molecular complexity index is 469. The maximum absolute atomic E-state index is 6.15. The maximum atomic E-state index is 6.15. The molecule has 2 saturated heterocycles. The van der Waals surface area contributed by atoms with Gasteiger partial charge in [0.25, 0.3) is 0 Å². The maximum Gasteiger partial charge on any atom is 0.0415 e. The van der Waals surface area contributed by atoms with E-state index >= 15 is 0 Å². The fourth-order valence-electron chi connectivity index (χ4n) is 3.54. The summed E-state index contributed by atoms with van der Waals surface area (Å²) in [5.74, 6) is 0. The number of hydrogen-bond donors (Lipinski definition) is 1. The molecule has 2 fully saturated rings. The van der Waals surface area contributed by atoms with Gasteiger partial charge < -0.3 is 10.6 Å². The van der Waals surface area contributed by atoms with Crippen LogP contribution in [0.5, 0.6) is 0 Å². The van der Waals surface area contributed by atoms with E-state index in [0.29, 0.717) is 0 Å². The summed E-state index contributed by atoms with van der Waals surface area (Å²) in [5.41, 5.74) is 8.73. The molecule has 1 aromatic rings. The summed E-state index contributed by atoms with van der Waals surface area (Å²) in [5, 5.41) is 0. The molecule has 0 aromatic heterocycles. The van der Waals surface area contributed by atoms with Gasteiger partial charge in [0, 0.05) is 35.3 Å². The lowest BCUT2D eigenvalue weighted by atomic mass is 10.1. The first-order valence-corrected chi connectivity index (χ1v) is 8.48. The van der Waals surface area contributed by atoms with Crippen molar-refractivity contribution in [3.05, 3.63) is 28.2 Å². The number of anilines is 1. The number of halogens is 1. The number of rotatable bonds is 3. The molecule has 2 unspecified atom stereocenters. The zero-order valence-corrected chi connectivity index (χ0v) is 13.8. The third kappa shape index (κ3) is 2.87. The van der Waals surface area contributed by atoms with Gasteiger partial charge in [0.15, 0.2) is 0 Å². The molecule has 2 aliphatic rings. The quantitative estimate of drug-likeness (QED) is 0.919. The minimum absolute atomic E-state index is 0.0772. The average molecular weight is 338 g/mol. The van der Waals surface area contributed by atoms with E-state index in [1.165, 1.54) is 43.6 Å². The van der Waals surface area contributed by atoms with Crippen molar-refractivity contribution in [3.63, 3.8) is 0 Å². The molecule has 0 saturated carbocycles. The van der Waals surface area contributed by atoms with Gasteiger partial charge in [-0.15, -0.1) is 0 Å². The first-order valence-electron chi connectivity index (χ1n) is 7.69. The first-order chi connectivity index (χ1) is 9.65. The van der Waals surface area contributed by atoms with Crippen molar-refractivity contribution >= 4 is 21.6 Å². The second-order valence-electron chi connectivity index (χ2n) is 6.12. The molecule has 3 rings (SSSR count). The van der Waals surface area contributed by atoms with E-state index in [9.17, 15) is 0 Å². The zero-order valence-electron chi connectivity index (χ0n) is 12.2. The molecule has 0 spiro atoms. The Balaban J connectivity index is 1.77. The largest absolute Gasteiger partial charge is 0.370 e. The van der Waals surface area contributed by atoms with Crippen LogP contribution in [0.4, 0.5) is 5.69 Å². The Morgan fingerprint density at radius 1 is 1.25 bits per heavy atom. The molecule has 2 atom stereocenters. The van der Waals surface area contributed by atoms with Gasteiger partial charge in [0.2, 0.25) is 0 Å². The monoisotopic (exact) mass is 337 g/mol. The first kappa shape index (κ1) is 14.4. The van der Waals surface area contributed by atoms with Crippen LogP contribution in [0.3, 0.4) is 0 Å². The van der Waals surface area contributed by atoms with Crippen LogP contribution in [0.25, 0.3) is 0 Å². The molecule has 2 N–H and O–H groups in total. The van der Waals surface area contributed by atoms with Crippen LogP contribution in [0, 0.1) is 0 Å². The van der Waals surface area contributed by atoms with E-state index in [1.54, 1.807) is 0 Å². The van der Waals surface area contributed by atoms with Gasteiger partial charge in [-0.25, -0.2) is 0 Å². The summed E-state index contributed by atoms with van der Waals surface area (Å²) < 4.78 is 1.11. The minimum atomic E-state index is 0.0772. The van der Waals surface area contributed by atoms with Crippen LogP contribution in [0.1, 0.15) is 37.8 Å². The molecule has 0 radical (unpaired) electrons. The van der Waals surface area contributed by atoms with Crippen LogP contribution in [0.2, 0.25) is 0 Å². The van der Waals surface area contributed by atoms with Gasteiger partial charge in [-0.1, -0.05) is 15.9 Å². The van der Waals surface area contributed by atoms with Crippen molar-refractivity contribution in [2.75, 3.05) is 31.1 Å². The predicted molar refractivity (Wildman–Crippen MR) is 88.2 cm³/mol. The summed E-state index contributed by atoms with van der Waals surface area (Å²) >= 11 is 3.56. The van der Waals surface area contributed by atoms with Crippen molar-refractivity contribution in [3.8, 4) is 0 Å². The highest BCUT2D eigenvalue weighted by molar-refractivity contribution is 9.10. The predicted octanol–water partition coefficient (Wildman–Crippen LogP) is 3.14. The molecule has 0 aliphatic carbocycles. The number of nitrogens with zero attached hydrogens (tertiary/aromatic N) is 2. The highest BCUT2D eigenvalue weighted by atomic mass is 79.9. The molecule has 3 nitrogen and oxygen atoms in total. The van der Waals surface area contributed by atoms with Crippen molar-refractivity contribution in [1.82, 2.24) is 4.90 Å². The number of benzene rings is 1. The van der Waals surface area contributed by atoms with E-state index in [2.05, 4.69) is 50.9 Å². The van der Waals surface area contributed by atoms with Crippen molar-refractivity contribution in [2.24, 2.45) is 5.73 Å². The number of nitrogens with two attached hydrogens (primary N) is 1. The fraction of sp³-hybridized carbons (Fsp3) is 0.625. The lowest BCUT2D eigenvalue weighted by molar-refractivity contribution is 0.260. The summed E-state index contributed by atoms with van der Waals surface area (Å²) in [4.78, 5) is 5.19. The second-order valence-corrected chi connectivity index (χ2v) is 7.04. The van der Waals surface area contributed by atoms with E-state index in [4.69, 9.17) is 5.73 Å². The van der Waals surface area contributed by atoms with Gasteiger partial charge in [-0.2, -0.15) is 0 Å². The van der Waals surface area contributed by atoms with Crippen molar-refractivity contribution in [2.45, 2.75) is 38.3 Å². The summed E-state index contributed by atoms with van der Waals surface area (Å²) in [7, 11) is 0. The highest BCUT2D eigenvalue weighted by Gasteiger charge is 2.30. The second kappa shape index (κ2) is 6.04. The number of hydrogen-bond acceptors (Lipinski definition) is 3. The SMILES string of the molecule is CC(N)c1cc(Br)ccc1N1CCC(N2CCCC2)C1. The standard InChI is InChI=1S/C16H24BrN3/c1-12(18)15-10-13(17)4-5-16(15)20-9-6-14(11-20)19-7-2-3-8-19/h4-5,10,12,14H,2-3,6-9,11,18H2,1H3. The molecule has 2 aliphatic heterocycles. The molecule has 20 heavy (non-hydrogen) atoms. The smallest absolute Gasteiger partial charge is 0.0415 e. The topological polar surface area (TPSA) is 32.5 Å². The lowest BCUT2D eigenvalue weighted by Crippen LogP contribution is -2.35. The Kier molecular flexibility index (Phi) is 4.34. The van der Waals surface area contributed by atoms with E-state index in [1.807, 2.05) is 0 Å². The Hall–Kier alpha value is -0.580. The summed E-state index contributed by atoms with van der Waals surface area (Å²) in [6.45, 7) is 6.96.